The van der Waals surface area contributed by atoms with Gasteiger partial charge in [0, 0.05) is 0 Å². The van der Waals surface area contributed by atoms with Crippen molar-refractivity contribution in [3.05, 3.63) is 24.4 Å². The molecular formula is C9H13NSn+2. The maximum absolute atomic E-state index is 4.33. The third-order valence-electron chi connectivity index (χ3n) is 1.50. The van der Waals surface area contributed by atoms with Crippen LogP contribution >= 0.6 is 0 Å². The Morgan fingerprint density at radius 1 is 1.45 bits per heavy atom. The molecule has 0 atom stereocenters. The second kappa shape index (κ2) is 5.58. The number of nitrogens with zero attached hydrogens (tertiary/aromatic N) is 1. The predicted molar refractivity (Wildman–Crippen MR) is 49.3 cm³/mol. The van der Waals surface area contributed by atoms with E-state index in [1.807, 2.05) is 12.3 Å². The van der Waals surface area contributed by atoms with Gasteiger partial charge in [0.15, 0.2) is 0 Å². The summed E-state index contributed by atoms with van der Waals surface area (Å²) in [5.74, 6) is 0. The minimum absolute atomic E-state index is 0.295. The zero-order chi connectivity index (χ0) is 7.94. The van der Waals surface area contributed by atoms with Gasteiger partial charge in [-0.05, 0) is 0 Å². The van der Waals surface area contributed by atoms with Crippen molar-refractivity contribution in [3.8, 4) is 0 Å². The third-order valence-corrected chi connectivity index (χ3v) is 5.10. The molecule has 0 aliphatic rings. The summed E-state index contributed by atoms with van der Waals surface area (Å²) in [5.41, 5.74) is 0. The summed E-state index contributed by atoms with van der Waals surface area (Å²) in [7, 11) is 0. The average molecular weight is 254 g/mol. The van der Waals surface area contributed by atoms with E-state index in [-0.39, 0.29) is 21.1 Å². The number of rotatable bonds is 4. The number of unbranched alkanes of at least 4 members (excludes halogenated alkanes) is 1. The van der Waals surface area contributed by atoms with Gasteiger partial charge in [0.1, 0.15) is 0 Å². The van der Waals surface area contributed by atoms with Crippen LogP contribution in [0.15, 0.2) is 24.4 Å². The molecule has 56 valence electrons. The van der Waals surface area contributed by atoms with Crippen molar-refractivity contribution in [2.24, 2.45) is 0 Å². The Kier molecular flexibility index (Phi) is 4.59. The SMILES string of the molecule is CCC[CH2][Sn+2][c]1ccccn1. The zero-order valence-electron chi connectivity index (χ0n) is 6.88. The molecule has 0 spiro atoms. The molecule has 1 nitrogen and oxygen atoms in total. The molecule has 0 saturated carbocycles. The number of hydrogen-bond donors (Lipinski definition) is 0. The van der Waals surface area contributed by atoms with Crippen molar-refractivity contribution in [1.82, 2.24) is 4.98 Å². The van der Waals surface area contributed by atoms with Gasteiger partial charge in [0.25, 0.3) is 0 Å². The molecule has 2 heteroatoms. The van der Waals surface area contributed by atoms with Crippen molar-refractivity contribution >= 4 is 24.9 Å². The molecule has 1 heterocycles. The van der Waals surface area contributed by atoms with Crippen molar-refractivity contribution in [2.45, 2.75) is 24.2 Å². The first kappa shape index (κ1) is 9.04. The molecule has 0 N–H and O–H groups in total. The predicted octanol–water partition coefficient (Wildman–Crippen LogP) is 1.63. The first-order valence-corrected chi connectivity index (χ1v) is 7.53. The molecule has 1 aromatic heterocycles. The fourth-order valence-corrected chi connectivity index (χ4v) is 4.19. The topological polar surface area (TPSA) is 12.9 Å². The number of aromatic nitrogens is 1. The molecule has 0 amide bonds. The second-order valence-electron chi connectivity index (χ2n) is 2.50. The first-order chi connectivity index (χ1) is 5.43. The summed E-state index contributed by atoms with van der Waals surface area (Å²) in [6.45, 7) is 2.25. The van der Waals surface area contributed by atoms with E-state index in [2.05, 4.69) is 24.0 Å². The van der Waals surface area contributed by atoms with Crippen LogP contribution < -0.4 is 3.71 Å². The van der Waals surface area contributed by atoms with Gasteiger partial charge in [-0.1, -0.05) is 0 Å². The van der Waals surface area contributed by atoms with Gasteiger partial charge in [-0.25, -0.2) is 0 Å². The Hall–Kier alpha value is -0.0513. The van der Waals surface area contributed by atoms with E-state index in [9.17, 15) is 0 Å². The van der Waals surface area contributed by atoms with Crippen molar-refractivity contribution < 1.29 is 0 Å². The van der Waals surface area contributed by atoms with Gasteiger partial charge in [-0.3, -0.25) is 0 Å². The van der Waals surface area contributed by atoms with E-state index in [1.54, 1.807) is 0 Å². The van der Waals surface area contributed by atoms with Crippen LogP contribution in [-0.4, -0.2) is 26.1 Å². The van der Waals surface area contributed by atoms with Gasteiger partial charge < -0.3 is 0 Å². The van der Waals surface area contributed by atoms with Crippen LogP contribution in [0.4, 0.5) is 0 Å². The summed E-state index contributed by atoms with van der Waals surface area (Å²) < 4.78 is 2.83. The molecule has 1 aromatic rings. The summed E-state index contributed by atoms with van der Waals surface area (Å²) in [5, 5.41) is 0. The number of pyridine rings is 1. The maximum atomic E-state index is 4.33. The van der Waals surface area contributed by atoms with Crippen LogP contribution in [0, 0.1) is 0 Å². The Bertz CT molecular complexity index is 186. The Morgan fingerprint density at radius 3 is 3.00 bits per heavy atom. The molecule has 1 rings (SSSR count). The molecule has 0 saturated heterocycles. The van der Waals surface area contributed by atoms with Crippen LogP contribution in [0.25, 0.3) is 0 Å². The van der Waals surface area contributed by atoms with Crippen LogP contribution in [0.5, 0.6) is 0 Å². The summed E-state index contributed by atoms with van der Waals surface area (Å²) in [6, 6.07) is 6.25. The third kappa shape index (κ3) is 3.75. The van der Waals surface area contributed by atoms with Gasteiger partial charge in [-0.15, -0.1) is 0 Å². The normalized spacial score (nSPS) is 9.18. The molecule has 0 bridgehead atoms. The van der Waals surface area contributed by atoms with E-state index < -0.39 is 0 Å². The van der Waals surface area contributed by atoms with E-state index in [0.717, 1.165) is 0 Å². The summed E-state index contributed by atoms with van der Waals surface area (Å²) >= 11 is -0.295. The first-order valence-electron chi connectivity index (χ1n) is 4.08. The fourth-order valence-electron chi connectivity index (χ4n) is 0.861. The van der Waals surface area contributed by atoms with E-state index in [1.165, 1.54) is 21.0 Å². The minimum atomic E-state index is -0.295. The molecular weight excluding hydrogens is 241 g/mol. The van der Waals surface area contributed by atoms with Crippen LogP contribution in [0.1, 0.15) is 19.8 Å². The van der Waals surface area contributed by atoms with Gasteiger partial charge in [0.2, 0.25) is 0 Å². The molecule has 0 unspecified atom stereocenters. The molecule has 0 aliphatic heterocycles. The van der Waals surface area contributed by atoms with Crippen LogP contribution in [-0.2, 0) is 0 Å². The monoisotopic (exact) mass is 255 g/mol. The Morgan fingerprint density at radius 2 is 2.36 bits per heavy atom. The van der Waals surface area contributed by atoms with E-state index >= 15 is 0 Å². The fraction of sp³-hybridized carbons (Fsp3) is 0.444. The second-order valence-corrected chi connectivity index (χ2v) is 6.39. The summed E-state index contributed by atoms with van der Waals surface area (Å²) in [4.78, 5) is 4.33. The average Bonchev–Trinajstić information content (AvgIpc) is 2.07. The van der Waals surface area contributed by atoms with Crippen LogP contribution in [0.3, 0.4) is 0 Å². The van der Waals surface area contributed by atoms with E-state index in [4.69, 9.17) is 0 Å². The Balaban J connectivity index is 2.28. The molecule has 0 aliphatic carbocycles. The molecule has 0 aromatic carbocycles. The standard InChI is InChI=1S/C5H4N.C4H9.Sn/c1-2-4-6-5-3-1;1-3-4-2;/h1-4H;1,3-4H2,2H3;/q;;+2. The summed E-state index contributed by atoms with van der Waals surface area (Å²) in [6.07, 6.45) is 4.62. The number of hydrogen-bond acceptors (Lipinski definition) is 1. The van der Waals surface area contributed by atoms with Gasteiger partial charge in [-0.2, -0.15) is 0 Å². The van der Waals surface area contributed by atoms with Crippen molar-refractivity contribution in [2.75, 3.05) is 0 Å². The Labute approximate surface area is 78.5 Å². The quantitative estimate of drug-likeness (QED) is 0.587. The van der Waals surface area contributed by atoms with Gasteiger partial charge in [0.05, 0.1) is 0 Å². The molecule has 0 radical (unpaired) electrons. The molecule has 0 fully saturated rings. The van der Waals surface area contributed by atoms with Gasteiger partial charge >= 0.3 is 78.4 Å². The van der Waals surface area contributed by atoms with E-state index in [0.29, 0.717) is 0 Å². The van der Waals surface area contributed by atoms with Crippen molar-refractivity contribution in [1.29, 1.82) is 0 Å². The molecule has 11 heavy (non-hydrogen) atoms. The van der Waals surface area contributed by atoms with Crippen molar-refractivity contribution in [3.63, 3.8) is 0 Å². The van der Waals surface area contributed by atoms with Crippen LogP contribution in [0.2, 0.25) is 4.44 Å². The zero-order valence-corrected chi connectivity index (χ0v) is 9.73.